The molecule has 7 atom stereocenters. The van der Waals surface area contributed by atoms with Crippen LogP contribution in [0.1, 0.15) is 59.8 Å². The van der Waals surface area contributed by atoms with Crippen LogP contribution in [0.3, 0.4) is 0 Å². The zero-order chi connectivity index (χ0) is 27.4. The lowest BCUT2D eigenvalue weighted by Gasteiger charge is -2.23. The van der Waals surface area contributed by atoms with Crippen LogP contribution < -0.4 is 10.6 Å². The third kappa shape index (κ3) is 10.9. The highest BCUT2D eigenvalue weighted by atomic mass is 33.1. The van der Waals surface area contributed by atoms with Crippen LogP contribution in [-0.4, -0.2) is 93.9 Å². The zero-order valence-corrected chi connectivity index (χ0v) is 23.7. The Labute approximate surface area is 222 Å². The fourth-order valence-electron chi connectivity index (χ4n) is 4.05. The highest BCUT2D eigenvalue weighted by Crippen LogP contribution is 2.44. The molecular formula is C25H44N2O7S2. The second-order valence-corrected chi connectivity index (χ2v) is 12.7. The van der Waals surface area contributed by atoms with E-state index in [4.69, 9.17) is 0 Å². The fourth-order valence-corrected chi connectivity index (χ4v) is 7.33. The van der Waals surface area contributed by atoms with Gasteiger partial charge in [0, 0.05) is 24.9 Å². The SMILES string of the molecule is CNCC[C@H](NCC(=O)CC[C@@H]1CC(C(=O)[C@@H](O)C(C)C)SSC(C[C@H](CO)[C@@H](C)O)C1=O)C(C)=O. The Hall–Kier alpha value is -0.820. The Balaban J connectivity index is 2.92. The Morgan fingerprint density at radius 1 is 1.14 bits per heavy atom. The van der Waals surface area contributed by atoms with Crippen molar-refractivity contribution in [3.63, 3.8) is 0 Å². The molecule has 2 unspecified atom stereocenters. The summed E-state index contributed by atoms with van der Waals surface area (Å²) in [6, 6.07) is -0.423. The molecule has 0 aromatic heterocycles. The van der Waals surface area contributed by atoms with Gasteiger partial charge in [0.25, 0.3) is 0 Å². The van der Waals surface area contributed by atoms with Gasteiger partial charge in [0.1, 0.15) is 23.5 Å². The molecule has 0 amide bonds. The average molecular weight is 549 g/mol. The Kier molecular flexibility index (Phi) is 15.6. The van der Waals surface area contributed by atoms with Crippen molar-refractivity contribution < 1.29 is 34.5 Å². The molecule has 0 aromatic rings. The first kappa shape index (κ1) is 33.2. The fraction of sp³-hybridized carbons (Fsp3) is 0.840. The third-order valence-electron chi connectivity index (χ3n) is 6.67. The quantitative estimate of drug-likeness (QED) is 0.166. The van der Waals surface area contributed by atoms with E-state index in [1.165, 1.54) is 28.5 Å². The van der Waals surface area contributed by atoms with Crippen molar-refractivity contribution >= 4 is 44.7 Å². The normalized spacial score (nSPS) is 24.1. The number of rotatable bonds is 17. The van der Waals surface area contributed by atoms with Crippen LogP contribution in [0.4, 0.5) is 0 Å². The molecule has 36 heavy (non-hydrogen) atoms. The second kappa shape index (κ2) is 16.9. The van der Waals surface area contributed by atoms with Crippen molar-refractivity contribution in [1.29, 1.82) is 0 Å². The Morgan fingerprint density at radius 3 is 2.33 bits per heavy atom. The van der Waals surface area contributed by atoms with Crippen LogP contribution in [0, 0.1) is 17.8 Å². The molecule has 0 radical (unpaired) electrons. The first-order valence-electron chi connectivity index (χ1n) is 12.7. The molecule has 0 aromatic carbocycles. The van der Waals surface area contributed by atoms with Gasteiger partial charge in [-0.05, 0) is 59.0 Å². The molecule has 1 fully saturated rings. The minimum absolute atomic E-state index is 0.0187. The predicted octanol–water partition coefficient (Wildman–Crippen LogP) is 1.17. The van der Waals surface area contributed by atoms with Crippen molar-refractivity contribution in [3.8, 4) is 0 Å². The number of hydrogen-bond donors (Lipinski definition) is 5. The van der Waals surface area contributed by atoms with Crippen molar-refractivity contribution in [2.24, 2.45) is 17.8 Å². The summed E-state index contributed by atoms with van der Waals surface area (Å²) < 4.78 is 0. The number of carbonyl (C=O) groups is 4. The van der Waals surface area contributed by atoms with Gasteiger partial charge in [0.05, 0.1) is 29.2 Å². The second-order valence-electron chi connectivity index (χ2n) is 10.0. The minimum atomic E-state index is -1.13. The summed E-state index contributed by atoms with van der Waals surface area (Å²) >= 11 is 0. The number of aliphatic hydroxyl groups is 3. The molecule has 9 nitrogen and oxygen atoms in total. The number of nitrogens with one attached hydrogen (secondary N) is 2. The lowest BCUT2D eigenvalue weighted by Crippen LogP contribution is -2.40. The summed E-state index contributed by atoms with van der Waals surface area (Å²) in [6.45, 7) is 6.96. The van der Waals surface area contributed by atoms with Crippen LogP contribution in [0.15, 0.2) is 0 Å². The van der Waals surface area contributed by atoms with Gasteiger partial charge in [-0.2, -0.15) is 0 Å². The lowest BCUT2D eigenvalue weighted by atomic mass is 9.85. The molecule has 1 aliphatic rings. The average Bonchev–Trinajstić information content (AvgIpc) is 2.98. The van der Waals surface area contributed by atoms with E-state index in [9.17, 15) is 34.5 Å². The largest absolute Gasteiger partial charge is 0.396 e. The molecule has 0 bridgehead atoms. The van der Waals surface area contributed by atoms with Crippen LogP contribution in [-0.2, 0) is 19.2 Å². The summed E-state index contributed by atoms with van der Waals surface area (Å²) in [5, 5.41) is 34.8. The number of Topliss-reactive ketones (excluding diaryl/α,β-unsaturated/α-hetero) is 4. The Morgan fingerprint density at radius 2 is 1.81 bits per heavy atom. The van der Waals surface area contributed by atoms with Gasteiger partial charge in [-0.15, -0.1) is 0 Å². The van der Waals surface area contributed by atoms with Crippen molar-refractivity contribution in [3.05, 3.63) is 0 Å². The van der Waals surface area contributed by atoms with E-state index >= 15 is 0 Å². The van der Waals surface area contributed by atoms with Gasteiger partial charge < -0.3 is 26.0 Å². The molecule has 0 aliphatic carbocycles. The van der Waals surface area contributed by atoms with E-state index in [1.807, 2.05) is 0 Å². The van der Waals surface area contributed by atoms with Crippen molar-refractivity contribution in [1.82, 2.24) is 10.6 Å². The highest BCUT2D eigenvalue weighted by Gasteiger charge is 2.40. The summed E-state index contributed by atoms with van der Waals surface area (Å²) in [7, 11) is 4.30. The molecule has 1 heterocycles. The number of hydrogen-bond acceptors (Lipinski definition) is 11. The number of aliphatic hydroxyl groups excluding tert-OH is 3. The predicted molar refractivity (Wildman–Crippen MR) is 144 cm³/mol. The molecule has 5 N–H and O–H groups in total. The third-order valence-corrected chi connectivity index (χ3v) is 9.82. The van der Waals surface area contributed by atoms with E-state index in [0.717, 1.165) is 0 Å². The van der Waals surface area contributed by atoms with Crippen molar-refractivity contribution in [2.45, 2.75) is 88.5 Å². The van der Waals surface area contributed by atoms with Gasteiger partial charge in [0.15, 0.2) is 5.78 Å². The van der Waals surface area contributed by atoms with Crippen LogP contribution in [0.5, 0.6) is 0 Å². The first-order valence-corrected chi connectivity index (χ1v) is 15.0. The lowest BCUT2D eigenvalue weighted by molar-refractivity contribution is -0.129. The molecule has 1 saturated heterocycles. The van der Waals surface area contributed by atoms with E-state index in [2.05, 4.69) is 10.6 Å². The standard InChI is InChI=1S/C25H44N2O7S2/c1-14(2)23(32)25(34)22-10-17(24(33)21(35-36-22)11-18(13-28)15(3)29)6-7-19(31)12-27-20(16(4)30)8-9-26-5/h14-15,17-18,20-23,26-29,32H,6-13H2,1-5H3/t15-,17-,18-,20+,21?,22?,23+/m1/s1. The molecule has 11 heteroatoms. The molecule has 208 valence electrons. The summed E-state index contributed by atoms with van der Waals surface area (Å²) in [6.07, 6.45) is -0.491. The Bertz CT molecular complexity index is 735. The molecule has 0 saturated carbocycles. The summed E-state index contributed by atoms with van der Waals surface area (Å²) in [4.78, 5) is 50.8. The maximum atomic E-state index is 13.4. The van der Waals surface area contributed by atoms with Gasteiger partial charge in [-0.25, -0.2) is 0 Å². The summed E-state index contributed by atoms with van der Waals surface area (Å²) in [5.74, 6) is -1.88. The van der Waals surface area contributed by atoms with Gasteiger partial charge in [-0.3, -0.25) is 19.2 Å². The van der Waals surface area contributed by atoms with E-state index in [1.54, 1.807) is 27.8 Å². The maximum absolute atomic E-state index is 13.4. The van der Waals surface area contributed by atoms with E-state index < -0.39 is 40.6 Å². The number of ketones is 4. The van der Waals surface area contributed by atoms with Gasteiger partial charge >= 0.3 is 0 Å². The highest BCUT2D eigenvalue weighted by molar-refractivity contribution is 8.77. The molecule has 1 rings (SSSR count). The topological polar surface area (TPSA) is 153 Å². The molecule has 0 spiro atoms. The smallest absolute Gasteiger partial charge is 0.175 e. The first-order chi connectivity index (χ1) is 16.9. The molecular weight excluding hydrogens is 504 g/mol. The van der Waals surface area contributed by atoms with E-state index in [0.29, 0.717) is 13.0 Å². The van der Waals surface area contributed by atoms with Gasteiger partial charge in [-0.1, -0.05) is 35.4 Å². The zero-order valence-electron chi connectivity index (χ0n) is 22.1. The molecule has 1 aliphatic heterocycles. The minimum Gasteiger partial charge on any atom is -0.396 e. The summed E-state index contributed by atoms with van der Waals surface area (Å²) in [5.41, 5.74) is 0. The van der Waals surface area contributed by atoms with Crippen LogP contribution in [0.25, 0.3) is 0 Å². The van der Waals surface area contributed by atoms with Gasteiger partial charge in [0.2, 0.25) is 0 Å². The maximum Gasteiger partial charge on any atom is 0.175 e. The number of carbonyl (C=O) groups excluding carboxylic acids is 4. The van der Waals surface area contributed by atoms with Crippen LogP contribution in [0.2, 0.25) is 0 Å². The monoisotopic (exact) mass is 548 g/mol. The van der Waals surface area contributed by atoms with Crippen LogP contribution >= 0.6 is 21.6 Å². The van der Waals surface area contributed by atoms with E-state index in [-0.39, 0.29) is 67.9 Å². The van der Waals surface area contributed by atoms with Crippen molar-refractivity contribution in [2.75, 3.05) is 26.7 Å².